The monoisotopic (exact) mass is 416 g/mol. The van der Waals surface area contributed by atoms with E-state index in [0.29, 0.717) is 18.5 Å². The van der Waals surface area contributed by atoms with Gasteiger partial charge in [-0.05, 0) is 43.2 Å². The number of amides is 1. The number of nitrogens with one attached hydrogen (secondary N) is 1. The minimum Gasteiger partial charge on any atom is -0.379 e. The number of ether oxygens (including phenoxy) is 1. The van der Waals surface area contributed by atoms with Crippen molar-refractivity contribution in [3.63, 3.8) is 0 Å². The zero-order valence-electron chi connectivity index (χ0n) is 15.3. The summed E-state index contributed by atoms with van der Waals surface area (Å²) < 4.78 is 46.2. The Hall–Kier alpha value is -1.16. The van der Waals surface area contributed by atoms with E-state index in [4.69, 9.17) is 4.74 Å². The van der Waals surface area contributed by atoms with Gasteiger partial charge in [0.05, 0.1) is 23.7 Å². The number of halogens is 1. The van der Waals surface area contributed by atoms with Crippen molar-refractivity contribution in [3.8, 4) is 0 Å². The molecule has 0 bridgehead atoms. The number of thioether (sulfide) groups is 1. The second-order valence-corrected chi connectivity index (χ2v) is 10.2. The fourth-order valence-corrected chi connectivity index (χ4v) is 6.07. The third-order valence-corrected chi connectivity index (χ3v) is 8.04. The highest BCUT2D eigenvalue weighted by Crippen LogP contribution is 2.30. The molecular weight excluding hydrogens is 391 g/mol. The van der Waals surface area contributed by atoms with E-state index in [1.54, 1.807) is 0 Å². The van der Waals surface area contributed by atoms with E-state index in [9.17, 15) is 17.6 Å². The molecule has 150 valence electrons. The number of carbonyl (C=O) groups is 1. The van der Waals surface area contributed by atoms with Crippen LogP contribution < -0.4 is 5.32 Å². The maximum Gasteiger partial charge on any atom is 0.254 e. The topological polar surface area (TPSA) is 75.7 Å². The zero-order chi connectivity index (χ0) is 19.4. The summed E-state index contributed by atoms with van der Waals surface area (Å²) in [6, 6.07) is 3.40. The SMILES string of the molecule is CCS[C@@H]1CC[C@@H](NC(=O)c2cc(S(=O)(=O)N3CCOCC3)ccc2F)C1. The zero-order valence-corrected chi connectivity index (χ0v) is 17.0. The molecule has 27 heavy (non-hydrogen) atoms. The van der Waals surface area contributed by atoms with E-state index in [2.05, 4.69) is 12.2 Å². The second-order valence-electron chi connectivity index (χ2n) is 6.72. The number of benzene rings is 1. The van der Waals surface area contributed by atoms with Crippen LogP contribution in [0.4, 0.5) is 4.39 Å². The van der Waals surface area contributed by atoms with Crippen LogP contribution in [0.15, 0.2) is 23.1 Å². The predicted molar refractivity (Wildman–Crippen MR) is 103 cm³/mol. The molecule has 1 heterocycles. The van der Waals surface area contributed by atoms with Crippen molar-refractivity contribution >= 4 is 27.7 Å². The molecule has 1 saturated heterocycles. The summed E-state index contributed by atoms with van der Waals surface area (Å²) in [6.45, 7) is 3.25. The molecule has 1 aromatic rings. The van der Waals surface area contributed by atoms with Gasteiger partial charge in [-0.1, -0.05) is 6.92 Å². The molecule has 1 amide bonds. The molecule has 0 unspecified atom stereocenters. The quantitative estimate of drug-likeness (QED) is 0.770. The van der Waals surface area contributed by atoms with Crippen LogP contribution in [-0.4, -0.2) is 62.0 Å². The lowest BCUT2D eigenvalue weighted by Crippen LogP contribution is -2.40. The molecule has 9 heteroatoms. The molecule has 1 saturated carbocycles. The molecule has 0 aromatic heterocycles. The fourth-order valence-electron chi connectivity index (χ4n) is 3.50. The Labute approximate surface area is 163 Å². The molecule has 2 atom stereocenters. The summed E-state index contributed by atoms with van der Waals surface area (Å²) in [6.07, 6.45) is 2.74. The van der Waals surface area contributed by atoms with Crippen LogP contribution in [-0.2, 0) is 14.8 Å². The minimum atomic E-state index is -3.77. The summed E-state index contributed by atoms with van der Waals surface area (Å²) in [7, 11) is -3.77. The fraction of sp³-hybridized carbons (Fsp3) is 0.611. The van der Waals surface area contributed by atoms with Gasteiger partial charge in [0.2, 0.25) is 10.0 Å². The van der Waals surface area contributed by atoms with Gasteiger partial charge < -0.3 is 10.1 Å². The average molecular weight is 417 g/mol. The number of rotatable bonds is 6. The lowest BCUT2D eigenvalue weighted by Gasteiger charge is -2.26. The number of nitrogens with zero attached hydrogens (tertiary/aromatic N) is 1. The minimum absolute atomic E-state index is 0.000423. The van der Waals surface area contributed by atoms with E-state index in [1.165, 1.54) is 10.4 Å². The van der Waals surface area contributed by atoms with Crippen molar-refractivity contribution in [2.75, 3.05) is 32.1 Å². The molecule has 3 rings (SSSR count). The van der Waals surface area contributed by atoms with Crippen LogP contribution in [0, 0.1) is 5.82 Å². The summed E-state index contributed by atoms with van der Waals surface area (Å²) >= 11 is 1.87. The third-order valence-electron chi connectivity index (χ3n) is 4.91. The molecule has 6 nitrogen and oxygen atoms in total. The van der Waals surface area contributed by atoms with Crippen LogP contribution >= 0.6 is 11.8 Å². The molecule has 2 aliphatic rings. The van der Waals surface area contributed by atoms with Crippen molar-refractivity contribution in [2.24, 2.45) is 0 Å². The van der Waals surface area contributed by atoms with Crippen LogP contribution in [0.1, 0.15) is 36.5 Å². The van der Waals surface area contributed by atoms with E-state index in [0.717, 1.165) is 37.1 Å². The van der Waals surface area contributed by atoms with Crippen molar-refractivity contribution in [2.45, 2.75) is 42.4 Å². The van der Waals surface area contributed by atoms with E-state index in [1.807, 2.05) is 11.8 Å². The molecule has 0 radical (unpaired) electrons. The van der Waals surface area contributed by atoms with Crippen molar-refractivity contribution in [3.05, 3.63) is 29.6 Å². The number of carbonyl (C=O) groups excluding carboxylic acids is 1. The lowest BCUT2D eigenvalue weighted by molar-refractivity contribution is 0.0730. The first kappa shape index (κ1) is 20.6. The normalized spacial score (nSPS) is 24.1. The van der Waals surface area contributed by atoms with E-state index in [-0.39, 0.29) is 29.6 Å². The Kier molecular flexibility index (Phi) is 6.78. The standard InChI is InChI=1S/C18H25FN2O4S2/c1-2-26-14-4-3-13(11-14)20-18(22)16-12-15(5-6-17(16)19)27(23,24)21-7-9-25-10-8-21/h5-6,12-14H,2-4,7-11H2,1H3,(H,20,22)/t13-,14-/m1/s1. The first-order valence-electron chi connectivity index (χ1n) is 9.21. The van der Waals surface area contributed by atoms with Crippen LogP contribution in [0.2, 0.25) is 0 Å². The molecule has 1 aliphatic heterocycles. The maximum atomic E-state index is 14.2. The number of hydrogen-bond acceptors (Lipinski definition) is 5. The first-order chi connectivity index (χ1) is 12.9. The summed E-state index contributed by atoms with van der Waals surface area (Å²) in [5.41, 5.74) is -0.226. The Morgan fingerprint density at radius 3 is 2.78 bits per heavy atom. The smallest absolute Gasteiger partial charge is 0.254 e. The first-order valence-corrected chi connectivity index (χ1v) is 11.7. The van der Waals surface area contributed by atoms with Crippen LogP contribution in [0.3, 0.4) is 0 Å². The Morgan fingerprint density at radius 1 is 1.33 bits per heavy atom. The Morgan fingerprint density at radius 2 is 2.07 bits per heavy atom. The summed E-state index contributed by atoms with van der Waals surface area (Å²) in [4.78, 5) is 12.5. The Balaban J connectivity index is 1.74. The Bertz CT molecular complexity index is 782. The van der Waals surface area contributed by atoms with Gasteiger partial charge >= 0.3 is 0 Å². The average Bonchev–Trinajstić information content (AvgIpc) is 3.10. The van der Waals surface area contributed by atoms with E-state index < -0.39 is 21.7 Å². The van der Waals surface area contributed by atoms with Gasteiger partial charge in [0.1, 0.15) is 5.82 Å². The van der Waals surface area contributed by atoms with Crippen LogP contribution in [0.5, 0.6) is 0 Å². The number of hydrogen-bond donors (Lipinski definition) is 1. The summed E-state index contributed by atoms with van der Waals surface area (Å²) in [5, 5.41) is 3.37. The van der Waals surface area contributed by atoms with Crippen LogP contribution in [0.25, 0.3) is 0 Å². The number of morpholine rings is 1. The molecule has 1 aromatic carbocycles. The van der Waals surface area contributed by atoms with Crippen molar-refractivity contribution in [1.82, 2.24) is 9.62 Å². The number of sulfonamides is 1. The maximum absolute atomic E-state index is 14.2. The molecule has 0 spiro atoms. The van der Waals surface area contributed by atoms with Gasteiger partial charge in [0.15, 0.2) is 0 Å². The lowest BCUT2D eigenvalue weighted by atomic mass is 10.1. The van der Waals surface area contributed by atoms with Gasteiger partial charge in [0.25, 0.3) is 5.91 Å². The third kappa shape index (κ3) is 4.82. The van der Waals surface area contributed by atoms with Gasteiger partial charge in [-0.2, -0.15) is 16.1 Å². The highest BCUT2D eigenvalue weighted by Gasteiger charge is 2.30. The van der Waals surface area contributed by atoms with Gasteiger partial charge in [-0.3, -0.25) is 4.79 Å². The predicted octanol–water partition coefficient (Wildman–Crippen LogP) is 2.25. The molecule has 1 N–H and O–H groups in total. The van der Waals surface area contributed by atoms with Gasteiger partial charge in [-0.15, -0.1) is 0 Å². The molecule has 1 aliphatic carbocycles. The largest absolute Gasteiger partial charge is 0.379 e. The van der Waals surface area contributed by atoms with Crippen molar-refractivity contribution in [1.29, 1.82) is 0 Å². The van der Waals surface area contributed by atoms with Gasteiger partial charge in [0, 0.05) is 24.4 Å². The molecule has 2 fully saturated rings. The highest BCUT2D eigenvalue weighted by molar-refractivity contribution is 7.99. The van der Waals surface area contributed by atoms with E-state index >= 15 is 0 Å². The highest BCUT2D eigenvalue weighted by atomic mass is 32.2. The van der Waals surface area contributed by atoms with Crippen molar-refractivity contribution < 1.29 is 22.3 Å². The molecular formula is C18H25FN2O4S2. The van der Waals surface area contributed by atoms with Gasteiger partial charge in [-0.25, -0.2) is 12.8 Å². The second kappa shape index (κ2) is 8.89. The summed E-state index contributed by atoms with van der Waals surface area (Å²) in [5.74, 6) is -0.244.